The first-order valence-corrected chi connectivity index (χ1v) is 13.9. The lowest BCUT2D eigenvalue weighted by Crippen LogP contribution is -2.28. The Labute approximate surface area is 228 Å². The number of hydrogen-bond acceptors (Lipinski definition) is 8. The Morgan fingerprint density at radius 2 is 2.08 bits per heavy atom. The van der Waals surface area contributed by atoms with Gasteiger partial charge in [0, 0.05) is 49.1 Å². The van der Waals surface area contributed by atoms with Gasteiger partial charge in [-0.2, -0.15) is 9.61 Å². The van der Waals surface area contributed by atoms with Gasteiger partial charge < -0.3 is 15.5 Å². The minimum atomic E-state index is -0.553. The van der Waals surface area contributed by atoms with E-state index in [-0.39, 0.29) is 16.9 Å². The monoisotopic (exact) mass is 542 g/mol. The summed E-state index contributed by atoms with van der Waals surface area (Å²) in [4.78, 5) is 48.9. The standard InChI is InChI=1S/C27H26N8O3S/c36-25-20(32-27(38)33-25)10-17-13-29-35-23(30-18-3-4-18)11-19(31-24(17)35)21-5-6-22(39-21)26(37)34-9-7-16(14-34)15-2-1-8-28-12-15/h1-2,6,8,10-13,16,18,21,30H,3-5,7,9,14H2,(H2,32,33,36,38)/b20-10-. The summed E-state index contributed by atoms with van der Waals surface area (Å²) in [7, 11) is 0. The molecule has 198 valence electrons. The quantitative estimate of drug-likeness (QED) is 0.320. The summed E-state index contributed by atoms with van der Waals surface area (Å²) < 4.78 is 1.73. The molecule has 11 nitrogen and oxygen atoms in total. The summed E-state index contributed by atoms with van der Waals surface area (Å²) in [5.74, 6) is 0.718. The first kappa shape index (κ1) is 23.9. The summed E-state index contributed by atoms with van der Waals surface area (Å²) in [5, 5.41) is 12.7. The van der Waals surface area contributed by atoms with Crippen LogP contribution in [0.2, 0.25) is 0 Å². The molecular formula is C27H26N8O3S. The zero-order valence-electron chi connectivity index (χ0n) is 21.0. The first-order chi connectivity index (χ1) is 19.0. The number of carbonyl (C=O) groups is 3. The largest absolute Gasteiger partial charge is 0.367 e. The van der Waals surface area contributed by atoms with Gasteiger partial charge in [-0.25, -0.2) is 9.78 Å². The van der Waals surface area contributed by atoms with Gasteiger partial charge in [0.05, 0.1) is 22.0 Å². The lowest BCUT2D eigenvalue weighted by Gasteiger charge is -2.18. The van der Waals surface area contributed by atoms with Gasteiger partial charge >= 0.3 is 6.03 Å². The predicted molar refractivity (Wildman–Crippen MR) is 145 cm³/mol. The maximum absolute atomic E-state index is 13.4. The van der Waals surface area contributed by atoms with E-state index in [1.807, 2.05) is 29.3 Å². The molecule has 4 amide bonds. The Bertz CT molecular complexity index is 1560. The molecule has 2 atom stereocenters. The first-order valence-electron chi connectivity index (χ1n) is 13.1. The zero-order chi connectivity index (χ0) is 26.5. The van der Waals surface area contributed by atoms with Gasteiger partial charge in [0.25, 0.3) is 11.8 Å². The Balaban J connectivity index is 1.12. The second kappa shape index (κ2) is 9.53. The van der Waals surface area contributed by atoms with Crippen molar-refractivity contribution in [3.05, 3.63) is 70.3 Å². The van der Waals surface area contributed by atoms with E-state index in [9.17, 15) is 14.4 Å². The molecule has 3 aromatic heterocycles. The minimum Gasteiger partial charge on any atom is -0.367 e. The molecular weight excluding hydrogens is 516 g/mol. The number of anilines is 1. The number of fused-ring (bicyclic) bond motifs is 1. The fourth-order valence-electron chi connectivity index (χ4n) is 5.22. The van der Waals surface area contributed by atoms with Gasteiger partial charge in [0.1, 0.15) is 11.5 Å². The molecule has 7 rings (SSSR count). The van der Waals surface area contributed by atoms with Crippen LogP contribution in [0.25, 0.3) is 11.7 Å². The van der Waals surface area contributed by atoms with E-state index in [0.717, 1.165) is 42.2 Å². The molecule has 2 saturated heterocycles. The zero-order valence-corrected chi connectivity index (χ0v) is 21.8. The number of rotatable bonds is 6. The van der Waals surface area contributed by atoms with Crippen molar-refractivity contribution >= 4 is 47.1 Å². The second-order valence-corrected chi connectivity index (χ2v) is 11.5. The number of urea groups is 1. The van der Waals surface area contributed by atoms with Crippen molar-refractivity contribution in [3.8, 4) is 0 Å². The summed E-state index contributed by atoms with van der Waals surface area (Å²) >= 11 is 1.55. The van der Waals surface area contributed by atoms with Crippen LogP contribution < -0.4 is 16.0 Å². The van der Waals surface area contributed by atoms with Crippen LogP contribution >= 0.6 is 11.8 Å². The molecule has 39 heavy (non-hydrogen) atoms. The van der Waals surface area contributed by atoms with Crippen LogP contribution in [-0.4, -0.2) is 61.5 Å². The van der Waals surface area contributed by atoms with E-state index in [2.05, 4.69) is 32.1 Å². The number of hydrogen-bond donors (Lipinski definition) is 3. The number of pyridine rings is 1. The Hall–Kier alpha value is -4.19. The average Bonchev–Trinajstić information content (AvgIpc) is 3.33. The number of aromatic nitrogens is 4. The van der Waals surface area contributed by atoms with Gasteiger partial charge in [-0.05, 0) is 43.4 Å². The van der Waals surface area contributed by atoms with Gasteiger partial charge in [-0.3, -0.25) is 19.9 Å². The summed E-state index contributed by atoms with van der Waals surface area (Å²) in [6, 6.07) is 5.86. The van der Waals surface area contributed by atoms with Crippen LogP contribution in [0.5, 0.6) is 0 Å². The maximum atomic E-state index is 13.4. The van der Waals surface area contributed by atoms with Crippen LogP contribution in [0, 0.1) is 0 Å². The number of thioether (sulfide) groups is 1. The van der Waals surface area contributed by atoms with E-state index < -0.39 is 11.9 Å². The normalized spacial score (nSPS) is 23.8. The molecule has 0 radical (unpaired) electrons. The third kappa shape index (κ3) is 4.65. The van der Waals surface area contributed by atoms with E-state index in [4.69, 9.17) is 4.98 Å². The molecule has 1 saturated carbocycles. The van der Waals surface area contributed by atoms with Gasteiger partial charge in [0.15, 0.2) is 5.65 Å². The lowest BCUT2D eigenvalue weighted by atomic mass is 10.0. The molecule has 3 aromatic rings. The topological polar surface area (TPSA) is 134 Å². The van der Waals surface area contributed by atoms with Crippen molar-refractivity contribution in [2.45, 2.75) is 42.9 Å². The van der Waals surface area contributed by atoms with E-state index in [1.165, 1.54) is 5.56 Å². The van der Waals surface area contributed by atoms with E-state index in [1.54, 1.807) is 34.7 Å². The van der Waals surface area contributed by atoms with E-state index in [0.29, 0.717) is 36.1 Å². The highest BCUT2D eigenvalue weighted by Gasteiger charge is 2.34. The molecule has 0 spiro atoms. The van der Waals surface area contributed by atoms with Gasteiger partial charge in [-0.15, -0.1) is 11.8 Å². The van der Waals surface area contributed by atoms with E-state index >= 15 is 0 Å². The summed E-state index contributed by atoms with van der Waals surface area (Å²) in [6.45, 7) is 1.43. The number of allylic oxidation sites excluding steroid dienone is 1. The van der Waals surface area contributed by atoms with Crippen molar-refractivity contribution in [1.82, 2.24) is 35.1 Å². The van der Waals surface area contributed by atoms with Gasteiger partial charge in [-0.1, -0.05) is 12.1 Å². The Morgan fingerprint density at radius 3 is 2.85 bits per heavy atom. The number of nitrogens with one attached hydrogen (secondary N) is 3. The Kier molecular flexibility index (Phi) is 5.84. The third-order valence-corrected chi connectivity index (χ3v) is 8.74. The highest BCUT2D eigenvalue weighted by molar-refractivity contribution is 8.04. The SMILES string of the molecule is O=C1NC(=O)/C(=C/c2cnn3c(NC4CC4)cc(C4CC=C(C(=O)N5CCC(c6cccnc6)C5)S4)nc23)N1. The summed E-state index contributed by atoms with van der Waals surface area (Å²) in [6.07, 6.45) is 12.7. The molecule has 3 fully saturated rings. The molecule has 3 aliphatic heterocycles. The molecule has 1 aliphatic carbocycles. The summed E-state index contributed by atoms with van der Waals surface area (Å²) in [5.41, 5.74) is 3.36. The molecule has 2 unspecified atom stereocenters. The van der Waals surface area contributed by atoms with Crippen LogP contribution in [0.1, 0.15) is 53.7 Å². The average molecular weight is 543 g/mol. The van der Waals surface area contributed by atoms with Crippen molar-refractivity contribution in [2.75, 3.05) is 18.4 Å². The third-order valence-electron chi connectivity index (χ3n) is 7.43. The molecule has 12 heteroatoms. The van der Waals surface area contributed by atoms with Crippen LogP contribution in [-0.2, 0) is 9.59 Å². The second-order valence-electron chi connectivity index (χ2n) is 10.2. The van der Waals surface area contributed by atoms with Gasteiger partial charge in [0.2, 0.25) is 0 Å². The fraction of sp³-hybridized carbons (Fsp3) is 0.333. The predicted octanol–water partition coefficient (Wildman–Crippen LogP) is 2.96. The number of carbonyl (C=O) groups excluding carboxylic acids is 3. The Morgan fingerprint density at radius 1 is 1.18 bits per heavy atom. The smallest absolute Gasteiger partial charge is 0.326 e. The highest BCUT2D eigenvalue weighted by Crippen LogP contribution is 2.45. The number of amides is 4. The molecule has 6 heterocycles. The maximum Gasteiger partial charge on any atom is 0.326 e. The molecule has 0 bridgehead atoms. The van der Waals surface area contributed by atoms with Crippen LogP contribution in [0.3, 0.4) is 0 Å². The number of nitrogens with zero attached hydrogens (tertiary/aromatic N) is 5. The molecule has 0 aromatic carbocycles. The molecule has 3 N–H and O–H groups in total. The number of imide groups is 1. The van der Waals surface area contributed by atoms with Crippen LogP contribution in [0.15, 0.2) is 53.5 Å². The highest BCUT2D eigenvalue weighted by atomic mass is 32.2. The molecule has 4 aliphatic rings. The van der Waals surface area contributed by atoms with Crippen molar-refractivity contribution in [2.24, 2.45) is 0 Å². The van der Waals surface area contributed by atoms with Crippen molar-refractivity contribution in [3.63, 3.8) is 0 Å². The van der Waals surface area contributed by atoms with Crippen molar-refractivity contribution in [1.29, 1.82) is 0 Å². The lowest BCUT2D eigenvalue weighted by molar-refractivity contribution is -0.125. The van der Waals surface area contributed by atoms with Crippen LogP contribution in [0.4, 0.5) is 10.6 Å². The minimum absolute atomic E-state index is 0.0182. The van der Waals surface area contributed by atoms with Crippen molar-refractivity contribution < 1.29 is 14.4 Å². The number of likely N-dealkylation sites (tertiary alicyclic amines) is 1. The fourth-order valence-corrected chi connectivity index (χ4v) is 6.38.